The fourth-order valence-corrected chi connectivity index (χ4v) is 2.32. The Balaban J connectivity index is 2.46. The Morgan fingerprint density at radius 1 is 1.25 bits per heavy atom. The van der Waals surface area contributed by atoms with Crippen LogP contribution in [0.5, 0.6) is 0 Å². The molecule has 0 radical (unpaired) electrons. The van der Waals surface area contributed by atoms with Gasteiger partial charge in [0.2, 0.25) is 0 Å². The zero-order valence-electron chi connectivity index (χ0n) is 13.5. The molecule has 5 heteroatoms. The highest BCUT2D eigenvalue weighted by Crippen LogP contribution is 2.40. The van der Waals surface area contributed by atoms with E-state index < -0.39 is 5.54 Å². The lowest BCUT2D eigenvalue weighted by molar-refractivity contribution is -0.153. The highest BCUT2D eigenvalue weighted by Gasteiger charge is 2.51. The molecule has 0 amide bonds. The molecule has 1 rings (SSSR count). The van der Waals surface area contributed by atoms with Gasteiger partial charge in [-0.05, 0) is 46.1 Å². The van der Waals surface area contributed by atoms with Crippen molar-refractivity contribution in [2.45, 2.75) is 51.7 Å². The maximum absolute atomic E-state index is 12.1. The van der Waals surface area contributed by atoms with E-state index >= 15 is 0 Å². The minimum atomic E-state index is -0.689. The second-order valence-electron chi connectivity index (χ2n) is 6.28. The average Bonchev–Trinajstić information content (AvgIpc) is 3.19. The van der Waals surface area contributed by atoms with Crippen molar-refractivity contribution in [3.05, 3.63) is 0 Å². The van der Waals surface area contributed by atoms with Crippen LogP contribution in [0.4, 0.5) is 0 Å². The van der Waals surface area contributed by atoms with E-state index in [9.17, 15) is 4.79 Å². The van der Waals surface area contributed by atoms with Gasteiger partial charge in [0.25, 0.3) is 0 Å². The van der Waals surface area contributed by atoms with Gasteiger partial charge in [-0.15, -0.1) is 0 Å². The summed E-state index contributed by atoms with van der Waals surface area (Å²) in [6, 6.07) is 0. The second kappa shape index (κ2) is 7.38. The minimum Gasteiger partial charge on any atom is -0.468 e. The van der Waals surface area contributed by atoms with Crippen molar-refractivity contribution < 1.29 is 19.0 Å². The molecule has 20 heavy (non-hydrogen) atoms. The average molecular weight is 287 g/mol. The summed E-state index contributed by atoms with van der Waals surface area (Å²) < 4.78 is 16.3. The topological polar surface area (TPSA) is 56.8 Å². The molecule has 0 bridgehead atoms. The first kappa shape index (κ1) is 17.4. The summed E-state index contributed by atoms with van der Waals surface area (Å²) >= 11 is 0. The monoisotopic (exact) mass is 287 g/mol. The van der Waals surface area contributed by atoms with E-state index in [0.29, 0.717) is 32.3 Å². The maximum Gasteiger partial charge on any atom is 0.328 e. The number of carbonyl (C=O) groups is 1. The van der Waals surface area contributed by atoms with Crippen LogP contribution in [0.25, 0.3) is 0 Å². The molecule has 5 nitrogen and oxygen atoms in total. The minimum absolute atomic E-state index is 0.166. The summed E-state index contributed by atoms with van der Waals surface area (Å²) in [5.74, 6) is 0.0945. The third-order valence-corrected chi connectivity index (χ3v) is 3.41. The lowest BCUT2D eigenvalue weighted by atomic mass is 9.94. The smallest absolute Gasteiger partial charge is 0.328 e. The second-order valence-corrected chi connectivity index (χ2v) is 6.28. The third-order valence-electron chi connectivity index (χ3n) is 3.41. The van der Waals surface area contributed by atoms with Crippen molar-refractivity contribution in [1.29, 1.82) is 0 Å². The summed E-state index contributed by atoms with van der Waals surface area (Å²) in [5.41, 5.74) is -0.855. The van der Waals surface area contributed by atoms with Crippen LogP contribution in [-0.2, 0) is 19.0 Å². The molecule has 1 aliphatic rings. The van der Waals surface area contributed by atoms with Crippen molar-refractivity contribution in [3.63, 3.8) is 0 Å². The Kier molecular flexibility index (Phi) is 6.43. The molecule has 0 aromatic rings. The summed E-state index contributed by atoms with van der Waals surface area (Å²) in [6.07, 6.45) is 2.09. The van der Waals surface area contributed by atoms with E-state index in [-0.39, 0.29) is 11.6 Å². The molecule has 0 aromatic carbocycles. The number of rotatable bonds is 9. The molecule has 118 valence electrons. The van der Waals surface area contributed by atoms with Gasteiger partial charge in [0, 0.05) is 0 Å². The SMILES string of the molecule is CCNC(COCCOC(C)(C)C)(C(=O)OC)C1CC1. The largest absolute Gasteiger partial charge is 0.468 e. The summed E-state index contributed by atoms with van der Waals surface area (Å²) in [7, 11) is 1.43. The van der Waals surface area contributed by atoms with Gasteiger partial charge >= 0.3 is 5.97 Å². The lowest BCUT2D eigenvalue weighted by Gasteiger charge is -2.32. The van der Waals surface area contributed by atoms with Gasteiger partial charge in [0.05, 0.1) is 32.5 Å². The van der Waals surface area contributed by atoms with Gasteiger partial charge in [0.1, 0.15) is 5.54 Å². The Labute approximate surface area is 122 Å². The zero-order valence-corrected chi connectivity index (χ0v) is 13.5. The molecule has 1 N–H and O–H groups in total. The lowest BCUT2D eigenvalue weighted by Crippen LogP contribution is -2.58. The summed E-state index contributed by atoms with van der Waals surface area (Å²) in [6.45, 7) is 10.1. The molecule has 1 atom stereocenters. The third kappa shape index (κ3) is 5.04. The standard InChI is InChI=1S/C15H29NO4/c1-6-16-15(12-7-8-12,13(17)18-5)11-19-9-10-20-14(2,3)4/h12,16H,6-11H2,1-5H3. The Morgan fingerprint density at radius 3 is 2.35 bits per heavy atom. The van der Waals surface area contributed by atoms with Crippen LogP contribution in [0.3, 0.4) is 0 Å². The van der Waals surface area contributed by atoms with Gasteiger partial charge in [0.15, 0.2) is 0 Å². The number of esters is 1. The number of nitrogens with one attached hydrogen (secondary N) is 1. The molecule has 0 spiro atoms. The van der Waals surface area contributed by atoms with Gasteiger partial charge in [-0.1, -0.05) is 6.92 Å². The Hall–Kier alpha value is -0.650. The van der Waals surface area contributed by atoms with E-state index in [1.54, 1.807) is 0 Å². The Bertz CT molecular complexity index is 309. The molecule has 1 unspecified atom stereocenters. The Morgan fingerprint density at radius 2 is 1.90 bits per heavy atom. The number of likely N-dealkylation sites (N-methyl/N-ethyl adjacent to an activating group) is 1. The highest BCUT2D eigenvalue weighted by molar-refractivity contribution is 5.82. The normalized spacial score (nSPS) is 18.6. The van der Waals surface area contributed by atoms with Crippen LogP contribution < -0.4 is 5.32 Å². The van der Waals surface area contributed by atoms with Gasteiger partial charge < -0.3 is 14.2 Å². The predicted octanol–water partition coefficient (Wildman–Crippen LogP) is 1.75. The molecule has 1 fully saturated rings. The van der Waals surface area contributed by atoms with Crippen LogP contribution in [0, 0.1) is 5.92 Å². The first-order chi connectivity index (χ1) is 9.35. The molecule has 1 saturated carbocycles. The molecule has 0 aromatic heterocycles. The van der Waals surface area contributed by atoms with Crippen molar-refractivity contribution in [2.75, 3.05) is 33.5 Å². The number of ether oxygens (including phenoxy) is 3. The number of hydrogen-bond acceptors (Lipinski definition) is 5. The van der Waals surface area contributed by atoms with Crippen molar-refractivity contribution in [3.8, 4) is 0 Å². The molecular weight excluding hydrogens is 258 g/mol. The van der Waals surface area contributed by atoms with E-state index in [2.05, 4.69) is 5.32 Å². The van der Waals surface area contributed by atoms with E-state index in [4.69, 9.17) is 14.2 Å². The molecular formula is C15H29NO4. The molecule has 0 aliphatic heterocycles. The molecule has 1 aliphatic carbocycles. The van der Waals surface area contributed by atoms with Crippen LogP contribution >= 0.6 is 0 Å². The van der Waals surface area contributed by atoms with E-state index in [1.165, 1.54) is 7.11 Å². The highest BCUT2D eigenvalue weighted by atomic mass is 16.5. The fourth-order valence-electron chi connectivity index (χ4n) is 2.32. The van der Waals surface area contributed by atoms with Crippen molar-refractivity contribution >= 4 is 5.97 Å². The number of carbonyl (C=O) groups excluding carboxylic acids is 1. The van der Waals surface area contributed by atoms with E-state index in [0.717, 1.165) is 12.8 Å². The predicted molar refractivity (Wildman–Crippen MR) is 77.7 cm³/mol. The van der Waals surface area contributed by atoms with Crippen molar-refractivity contribution in [1.82, 2.24) is 5.32 Å². The molecule has 0 heterocycles. The number of hydrogen-bond donors (Lipinski definition) is 1. The van der Waals surface area contributed by atoms with Gasteiger partial charge in [-0.2, -0.15) is 0 Å². The van der Waals surface area contributed by atoms with Gasteiger partial charge in [-0.25, -0.2) is 4.79 Å². The fraction of sp³-hybridized carbons (Fsp3) is 0.933. The van der Waals surface area contributed by atoms with Crippen LogP contribution in [-0.4, -0.2) is 50.6 Å². The number of methoxy groups -OCH3 is 1. The van der Waals surface area contributed by atoms with Crippen molar-refractivity contribution in [2.24, 2.45) is 5.92 Å². The quantitative estimate of drug-likeness (QED) is 0.517. The van der Waals surface area contributed by atoms with Crippen LogP contribution in [0.15, 0.2) is 0 Å². The van der Waals surface area contributed by atoms with Crippen LogP contribution in [0.2, 0.25) is 0 Å². The van der Waals surface area contributed by atoms with Crippen LogP contribution in [0.1, 0.15) is 40.5 Å². The van der Waals surface area contributed by atoms with Gasteiger partial charge in [-0.3, -0.25) is 5.32 Å². The first-order valence-electron chi connectivity index (χ1n) is 7.41. The summed E-state index contributed by atoms with van der Waals surface area (Å²) in [5, 5.41) is 3.28. The van der Waals surface area contributed by atoms with E-state index in [1.807, 2.05) is 27.7 Å². The summed E-state index contributed by atoms with van der Waals surface area (Å²) in [4.78, 5) is 12.1. The first-order valence-corrected chi connectivity index (χ1v) is 7.41. The zero-order chi connectivity index (χ0) is 15.2. The maximum atomic E-state index is 12.1. The molecule has 0 saturated heterocycles.